The van der Waals surface area contributed by atoms with E-state index in [1.165, 1.54) is 18.2 Å². The predicted octanol–water partition coefficient (Wildman–Crippen LogP) is 4.41. The maximum Gasteiger partial charge on any atom is 0.416 e. The van der Waals surface area contributed by atoms with E-state index in [0.29, 0.717) is 17.1 Å². The molecule has 0 saturated carbocycles. The van der Waals surface area contributed by atoms with Crippen LogP contribution in [-0.2, 0) is 6.18 Å². The molecule has 116 valence electrons. The van der Waals surface area contributed by atoms with Gasteiger partial charge in [-0.05, 0) is 12.1 Å². The third-order valence-electron chi connectivity index (χ3n) is 3.29. The molecule has 0 amide bonds. The van der Waals surface area contributed by atoms with E-state index in [-0.39, 0.29) is 5.82 Å². The summed E-state index contributed by atoms with van der Waals surface area (Å²) in [6.45, 7) is 0. The number of hydrogen-bond acceptors (Lipinski definition) is 3. The number of hydrogen-bond donors (Lipinski definition) is 1. The summed E-state index contributed by atoms with van der Waals surface area (Å²) in [6, 6.07) is 15.6. The first-order chi connectivity index (χ1) is 10.9. The van der Waals surface area contributed by atoms with Crippen LogP contribution < -0.4 is 5.73 Å². The molecule has 2 aromatic carbocycles. The number of alkyl halides is 3. The Balaban J connectivity index is 2.02. The molecule has 6 heteroatoms. The van der Waals surface area contributed by atoms with E-state index in [4.69, 9.17) is 5.73 Å². The van der Waals surface area contributed by atoms with Crippen molar-refractivity contribution in [3.05, 3.63) is 66.2 Å². The lowest BCUT2D eigenvalue weighted by Gasteiger charge is -2.09. The molecule has 3 nitrogen and oxygen atoms in total. The van der Waals surface area contributed by atoms with Gasteiger partial charge in [-0.15, -0.1) is 0 Å². The van der Waals surface area contributed by atoms with Gasteiger partial charge in [0.2, 0.25) is 0 Å². The van der Waals surface area contributed by atoms with Crippen LogP contribution in [0, 0.1) is 0 Å². The first-order valence-electron chi connectivity index (χ1n) is 6.81. The minimum absolute atomic E-state index is 0.258. The molecule has 0 saturated heterocycles. The van der Waals surface area contributed by atoms with Gasteiger partial charge in [0.25, 0.3) is 0 Å². The van der Waals surface area contributed by atoms with E-state index in [0.717, 1.165) is 17.7 Å². The molecule has 3 rings (SSSR count). The van der Waals surface area contributed by atoms with Crippen LogP contribution in [0.2, 0.25) is 0 Å². The molecular weight excluding hydrogens is 303 g/mol. The second-order valence-electron chi connectivity index (χ2n) is 4.94. The largest absolute Gasteiger partial charge is 0.416 e. The number of nitrogen functional groups attached to an aromatic ring is 1. The molecule has 0 unspecified atom stereocenters. The Morgan fingerprint density at radius 2 is 1.43 bits per heavy atom. The highest BCUT2D eigenvalue weighted by atomic mass is 19.4. The van der Waals surface area contributed by atoms with E-state index < -0.39 is 11.7 Å². The molecule has 0 aliphatic rings. The fraction of sp³-hybridized carbons (Fsp3) is 0.0588. The van der Waals surface area contributed by atoms with Crippen LogP contribution in [0.5, 0.6) is 0 Å². The normalized spacial score (nSPS) is 11.4. The smallest absolute Gasteiger partial charge is 0.384 e. The second-order valence-corrected chi connectivity index (χ2v) is 4.94. The molecule has 1 aromatic heterocycles. The standard InChI is InChI=1S/C17H12F3N3/c18-17(19,20)13-8-6-11(7-9-13)14-10-15(21)23-16(22-14)12-4-2-1-3-5-12/h1-10H,(H2,21,22,23). The Kier molecular flexibility index (Phi) is 3.73. The van der Waals surface area contributed by atoms with Crippen LogP contribution in [0.25, 0.3) is 22.6 Å². The number of anilines is 1. The Morgan fingerprint density at radius 3 is 2.04 bits per heavy atom. The molecule has 2 N–H and O–H groups in total. The fourth-order valence-corrected chi connectivity index (χ4v) is 2.16. The van der Waals surface area contributed by atoms with E-state index in [9.17, 15) is 13.2 Å². The van der Waals surface area contributed by atoms with Gasteiger partial charge in [-0.3, -0.25) is 0 Å². The van der Waals surface area contributed by atoms with Crippen LogP contribution in [0.15, 0.2) is 60.7 Å². The van der Waals surface area contributed by atoms with Gasteiger partial charge in [0.05, 0.1) is 11.3 Å². The molecular formula is C17H12F3N3. The molecule has 1 heterocycles. The minimum atomic E-state index is -4.36. The van der Waals surface area contributed by atoms with Gasteiger partial charge in [0.1, 0.15) is 5.82 Å². The molecule has 0 bridgehead atoms. The van der Waals surface area contributed by atoms with Crippen molar-refractivity contribution >= 4 is 5.82 Å². The van der Waals surface area contributed by atoms with Crippen LogP contribution in [0.4, 0.5) is 19.0 Å². The van der Waals surface area contributed by atoms with Gasteiger partial charge in [-0.1, -0.05) is 42.5 Å². The third kappa shape index (κ3) is 3.31. The number of nitrogens with zero attached hydrogens (tertiary/aromatic N) is 2. The monoisotopic (exact) mass is 315 g/mol. The summed E-state index contributed by atoms with van der Waals surface area (Å²) in [4.78, 5) is 8.57. The predicted molar refractivity (Wildman–Crippen MR) is 82.3 cm³/mol. The number of rotatable bonds is 2. The summed E-state index contributed by atoms with van der Waals surface area (Å²) in [5, 5.41) is 0. The highest BCUT2D eigenvalue weighted by Crippen LogP contribution is 2.31. The van der Waals surface area contributed by atoms with Gasteiger partial charge in [-0.2, -0.15) is 13.2 Å². The maximum atomic E-state index is 12.6. The summed E-state index contributed by atoms with van der Waals surface area (Å²) >= 11 is 0. The highest BCUT2D eigenvalue weighted by Gasteiger charge is 2.30. The van der Waals surface area contributed by atoms with Crippen molar-refractivity contribution < 1.29 is 13.2 Å². The van der Waals surface area contributed by atoms with Crippen molar-refractivity contribution in [2.75, 3.05) is 5.73 Å². The number of benzene rings is 2. The molecule has 0 aliphatic heterocycles. The molecule has 23 heavy (non-hydrogen) atoms. The van der Waals surface area contributed by atoms with Gasteiger partial charge in [-0.25, -0.2) is 9.97 Å². The third-order valence-corrected chi connectivity index (χ3v) is 3.29. The zero-order valence-electron chi connectivity index (χ0n) is 11.9. The second kappa shape index (κ2) is 5.72. The van der Waals surface area contributed by atoms with Gasteiger partial charge >= 0.3 is 6.18 Å². The summed E-state index contributed by atoms with van der Waals surface area (Å²) in [5.74, 6) is 0.689. The quantitative estimate of drug-likeness (QED) is 0.762. The van der Waals surface area contributed by atoms with E-state index in [1.807, 2.05) is 30.3 Å². The number of halogens is 3. The SMILES string of the molecule is Nc1cc(-c2ccc(C(F)(F)F)cc2)nc(-c2ccccc2)n1. The lowest BCUT2D eigenvalue weighted by molar-refractivity contribution is -0.137. The zero-order chi connectivity index (χ0) is 16.4. The van der Waals surface area contributed by atoms with E-state index >= 15 is 0 Å². The van der Waals surface area contributed by atoms with Gasteiger partial charge in [0, 0.05) is 17.2 Å². The Labute approximate surface area is 130 Å². The van der Waals surface area contributed by atoms with Crippen LogP contribution in [-0.4, -0.2) is 9.97 Å². The first-order valence-corrected chi connectivity index (χ1v) is 6.81. The zero-order valence-corrected chi connectivity index (χ0v) is 11.9. The van der Waals surface area contributed by atoms with Crippen molar-refractivity contribution in [2.45, 2.75) is 6.18 Å². The average Bonchev–Trinajstić information content (AvgIpc) is 2.54. The van der Waals surface area contributed by atoms with Crippen molar-refractivity contribution in [1.29, 1.82) is 0 Å². The average molecular weight is 315 g/mol. The molecule has 0 fully saturated rings. The number of aromatic nitrogens is 2. The molecule has 0 atom stereocenters. The minimum Gasteiger partial charge on any atom is -0.384 e. The van der Waals surface area contributed by atoms with Crippen LogP contribution in [0.1, 0.15) is 5.56 Å². The van der Waals surface area contributed by atoms with Crippen molar-refractivity contribution in [3.63, 3.8) is 0 Å². The molecule has 0 radical (unpaired) electrons. The maximum absolute atomic E-state index is 12.6. The van der Waals surface area contributed by atoms with Gasteiger partial charge in [0.15, 0.2) is 5.82 Å². The van der Waals surface area contributed by atoms with Crippen LogP contribution >= 0.6 is 0 Å². The molecule has 3 aromatic rings. The number of nitrogens with two attached hydrogens (primary N) is 1. The van der Waals surface area contributed by atoms with E-state index in [2.05, 4.69) is 9.97 Å². The summed E-state index contributed by atoms with van der Waals surface area (Å²) in [6.07, 6.45) is -4.36. The summed E-state index contributed by atoms with van der Waals surface area (Å²) < 4.78 is 37.9. The molecule has 0 spiro atoms. The summed E-state index contributed by atoms with van der Waals surface area (Å²) in [7, 11) is 0. The fourth-order valence-electron chi connectivity index (χ4n) is 2.16. The summed E-state index contributed by atoms with van der Waals surface area (Å²) in [5.41, 5.74) is 6.91. The van der Waals surface area contributed by atoms with Crippen molar-refractivity contribution in [2.24, 2.45) is 0 Å². The van der Waals surface area contributed by atoms with Crippen molar-refractivity contribution in [1.82, 2.24) is 9.97 Å². The molecule has 0 aliphatic carbocycles. The van der Waals surface area contributed by atoms with Gasteiger partial charge < -0.3 is 5.73 Å². The Hall–Kier alpha value is -2.89. The Morgan fingerprint density at radius 1 is 0.783 bits per heavy atom. The highest BCUT2D eigenvalue weighted by molar-refractivity contribution is 5.67. The first kappa shape index (κ1) is 15.0. The Bertz CT molecular complexity index is 813. The lowest BCUT2D eigenvalue weighted by Crippen LogP contribution is -2.04. The topological polar surface area (TPSA) is 51.8 Å². The van der Waals surface area contributed by atoms with Crippen LogP contribution in [0.3, 0.4) is 0 Å². The lowest BCUT2D eigenvalue weighted by atomic mass is 10.1. The van der Waals surface area contributed by atoms with E-state index in [1.54, 1.807) is 0 Å². The van der Waals surface area contributed by atoms with Crippen molar-refractivity contribution in [3.8, 4) is 22.6 Å².